The number of oxazole rings is 1. The van der Waals surface area contributed by atoms with Crippen LogP contribution in [0.15, 0.2) is 17.0 Å². The summed E-state index contributed by atoms with van der Waals surface area (Å²) in [4.78, 5) is 28.4. The molecule has 6 nitrogen and oxygen atoms in total. The Labute approximate surface area is 156 Å². The molecule has 146 valence electrons. The monoisotopic (exact) mass is 363 g/mol. The van der Waals surface area contributed by atoms with Crippen LogP contribution in [-0.2, 0) is 4.79 Å². The molecular formula is C20H33N3O3. The van der Waals surface area contributed by atoms with Gasteiger partial charge in [-0.3, -0.25) is 9.59 Å². The predicted octanol–water partition coefficient (Wildman–Crippen LogP) is 3.40. The molecule has 2 rings (SSSR count). The van der Waals surface area contributed by atoms with Crippen LogP contribution in [0, 0.1) is 23.2 Å². The Morgan fingerprint density at radius 1 is 1.35 bits per heavy atom. The summed E-state index contributed by atoms with van der Waals surface area (Å²) < 4.78 is 4.98. The molecule has 1 aliphatic carbocycles. The Morgan fingerprint density at radius 3 is 2.65 bits per heavy atom. The zero-order chi connectivity index (χ0) is 19.3. The molecule has 1 aromatic heterocycles. The van der Waals surface area contributed by atoms with Gasteiger partial charge in [0.1, 0.15) is 0 Å². The van der Waals surface area contributed by atoms with Crippen LogP contribution in [0.1, 0.15) is 70.9 Å². The largest absolute Gasteiger partial charge is 0.438 e. The minimum Gasteiger partial charge on any atom is -0.438 e. The van der Waals surface area contributed by atoms with Gasteiger partial charge in [-0.15, -0.1) is 0 Å². The van der Waals surface area contributed by atoms with Crippen molar-refractivity contribution in [3.8, 4) is 0 Å². The van der Waals surface area contributed by atoms with Crippen molar-refractivity contribution in [3.05, 3.63) is 18.4 Å². The third-order valence-corrected chi connectivity index (χ3v) is 5.29. The normalized spacial score (nSPS) is 23.5. The van der Waals surface area contributed by atoms with Crippen molar-refractivity contribution in [1.82, 2.24) is 15.6 Å². The lowest BCUT2D eigenvalue weighted by Gasteiger charge is -2.39. The molecule has 1 heterocycles. The Balaban J connectivity index is 1.85. The Bertz CT molecular complexity index is 595. The van der Waals surface area contributed by atoms with Gasteiger partial charge in [-0.25, -0.2) is 4.98 Å². The van der Waals surface area contributed by atoms with Crippen LogP contribution in [0.4, 0.5) is 0 Å². The highest BCUT2D eigenvalue weighted by atomic mass is 16.3. The molecule has 0 bridgehead atoms. The fraction of sp³-hybridized carbons (Fsp3) is 0.750. The van der Waals surface area contributed by atoms with Crippen LogP contribution in [0.5, 0.6) is 0 Å². The zero-order valence-corrected chi connectivity index (χ0v) is 16.7. The maximum Gasteiger partial charge on any atom is 0.288 e. The van der Waals surface area contributed by atoms with Gasteiger partial charge in [-0.2, -0.15) is 0 Å². The molecule has 0 radical (unpaired) electrons. The molecule has 0 aromatic carbocycles. The highest BCUT2D eigenvalue weighted by Crippen LogP contribution is 2.41. The molecule has 1 aliphatic rings. The summed E-state index contributed by atoms with van der Waals surface area (Å²) in [6.45, 7) is 11.4. The van der Waals surface area contributed by atoms with Crippen molar-refractivity contribution in [2.45, 2.75) is 66.3 Å². The molecule has 0 unspecified atom stereocenters. The summed E-state index contributed by atoms with van der Waals surface area (Å²) in [5.41, 5.74) is 0.220. The maximum atomic E-state index is 12.8. The Morgan fingerprint density at radius 2 is 2.08 bits per heavy atom. The fourth-order valence-electron chi connectivity index (χ4n) is 4.17. The van der Waals surface area contributed by atoms with Gasteiger partial charge >= 0.3 is 0 Å². The van der Waals surface area contributed by atoms with Crippen LogP contribution in [0.25, 0.3) is 0 Å². The van der Waals surface area contributed by atoms with E-state index >= 15 is 0 Å². The number of nitrogens with one attached hydrogen (secondary N) is 2. The van der Waals surface area contributed by atoms with Crippen molar-refractivity contribution in [2.24, 2.45) is 23.2 Å². The van der Waals surface area contributed by atoms with E-state index in [1.807, 2.05) is 0 Å². The number of rotatable bonds is 7. The molecule has 1 fully saturated rings. The smallest absolute Gasteiger partial charge is 0.288 e. The van der Waals surface area contributed by atoms with Crippen LogP contribution in [0.2, 0.25) is 0 Å². The second kappa shape index (κ2) is 8.69. The van der Waals surface area contributed by atoms with Gasteiger partial charge in [0, 0.05) is 18.5 Å². The lowest BCUT2D eigenvalue weighted by Crippen LogP contribution is -2.46. The van der Waals surface area contributed by atoms with E-state index in [-0.39, 0.29) is 34.9 Å². The SMILES string of the molecule is CC(C)[C@@H](CCNC(=O)c1cnco1)NC(=O)[C@@H]1C[C@H](C)CC(C)(C)C1. The molecule has 0 spiro atoms. The maximum absolute atomic E-state index is 12.8. The van der Waals surface area contributed by atoms with E-state index in [0.29, 0.717) is 24.8 Å². The third-order valence-electron chi connectivity index (χ3n) is 5.29. The first-order chi connectivity index (χ1) is 12.2. The molecule has 26 heavy (non-hydrogen) atoms. The highest BCUT2D eigenvalue weighted by Gasteiger charge is 2.36. The van der Waals surface area contributed by atoms with Gasteiger partial charge in [-0.1, -0.05) is 34.6 Å². The van der Waals surface area contributed by atoms with E-state index in [2.05, 4.69) is 50.2 Å². The van der Waals surface area contributed by atoms with Crippen molar-refractivity contribution in [1.29, 1.82) is 0 Å². The quantitative estimate of drug-likeness (QED) is 0.777. The summed E-state index contributed by atoms with van der Waals surface area (Å²) >= 11 is 0. The second-order valence-electron chi connectivity index (χ2n) is 8.88. The van der Waals surface area contributed by atoms with Crippen LogP contribution in [0.3, 0.4) is 0 Å². The van der Waals surface area contributed by atoms with Crippen molar-refractivity contribution < 1.29 is 14.0 Å². The molecule has 2 amide bonds. The number of hydrogen-bond donors (Lipinski definition) is 2. The van der Waals surface area contributed by atoms with Crippen molar-refractivity contribution in [3.63, 3.8) is 0 Å². The van der Waals surface area contributed by atoms with E-state index in [1.54, 1.807) is 0 Å². The molecule has 2 N–H and O–H groups in total. The second-order valence-corrected chi connectivity index (χ2v) is 8.88. The zero-order valence-electron chi connectivity index (χ0n) is 16.7. The van der Waals surface area contributed by atoms with Gasteiger partial charge < -0.3 is 15.1 Å². The minimum atomic E-state index is -0.279. The Kier molecular flexibility index (Phi) is 6.84. The molecule has 0 aliphatic heterocycles. The van der Waals surface area contributed by atoms with Gasteiger partial charge in [0.25, 0.3) is 5.91 Å². The highest BCUT2D eigenvalue weighted by molar-refractivity contribution is 5.90. The first kappa shape index (κ1) is 20.5. The summed E-state index contributed by atoms with van der Waals surface area (Å²) in [5, 5.41) is 6.05. The van der Waals surface area contributed by atoms with E-state index < -0.39 is 0 Å². The van der Waals surface area contributed by atoms with E-state index in [4.69, 9.17) is 4.42 Å². The van der Waals surface area contributed by atoms with Gasteiger partial charge in [0.2, 0.25) is 11.7 Å². The lowest BCUT2D eigenvalue weighted by atomic mass is 9.68. The molecule has 1 aromatic rings. The number of carbonyl (C=O) groups is 2. The Hall–Kier alpha value is -1.85. The van der Waals surface area contributed by atoms with Crippen molar-refractivity contribution >= 4 is 11.8 Å². The molecule has 0 saturated heterocycles. The number of aromatic nitrogens is 1. The summed E-state index contributed by atoms with van der Waals surface area (Å²) in [5.74, 6) is 1.04. The topological polar surface area (TPSA) is 84.2 Å². The molecule has 6 heteroatoms. The predicted molar refractivity (Wildman–Crippen MR) is 101 cm³/mol. The molecular weight excluding hydrogens is 330 g/mol. The molecule has 3 atom stereocenters. The minimum absolute atomic E-state index is 0.0397. The summed E-state index contributed by atoms with van der Waals surface area (Å²) in [7, 11) is 0. The van der Waals surface area contributed by atoms with E-state index in [1.165, 1.54) is 19.0 Å². The van der Waals surface area contributed by atoms with Crippen molar-refractivity contribution in [2.75, 3.05) is 6.54 Å². The van der Waals surface area contributed by atoms with Crippen LogP contribution < -0.4 is 10.6 Å². The number of hydrogen-bond acceptors (Lipinski definition) is 4. The number of nitrogens with zero attached hydrogens (tertiary/aromatic N) is 1. The summed E-state index contributed by atoms with van der Waals surface area (Å²) in [6, 6.07) is 0.0397. The average molecular weight is 364 g/mol. The van der Waals surface area contributed by atoms with Gasteiger partial charge in [0.15, 0.2) is 6.39 Å². The lowest BCUT2D eigenvalue weighted by molar-refractivity contribution is -0.129. The van der Waals surface area contributed by atoms with Gasteiger partial charge in [0.05, 0.1) is 6.20 Å². The average Bonchev–Trinajstić information content (AvgIpc) is 3.06. The standard InChI is InChI=1S/C20H33N3O3/c1-13(2)16(6-7-22-19(25)17-11-21-12-26-17)23-18(24)15-8-14(3)9-20(4,5)10-15/h11-16H,6-10H2,1-5H3,(H,22,25)(H,23,24)/t14-,15+,16+/m0/s1. The van der Waals surface area contributed by atoms with Crippen LogP contribution in [-0.4, -0.2) is 29.4 Å². The molecule has 1 saturated carbocycles. The first-order valence-electron chi connectivity index (χ1n) is 9.65. The number of amides is 2. The van der Waals surface area contributed by atoms with E-state index in [9.17, 15) is 9.59 Å². The fourth-order valence-corrected chi connectivity index (χ4v) is 4.17. The summed E-state index contributed by atoms with van der Waals surface area (Å²) in [6.07, 6.45) is 6.40. The first-order valence-corrected chi connectivity index (χ1v) is 9.65. The van der Waals surface area contributed by atoms with Gasteiger partial charge in [-0.05, 0) is 42.9 Å². The number of carbonyl (C=O) groups excluding carboxylic acids is 2. The van der Waals surface area contributed by atoms with Crippen LogP contribution >= 0.6 is 0 Å². The van der Waals surface area contributed by atoms with E-state index in [0.717, 1.165) is 12.8 Å². The third kappa shape index (κ3) is 5.85.